The Balaban J connectivity index is 1.46. The zero-order valence-corrected chi connectivity index (χ0v) is 10.6. The third-order valence-electron chi connectivity index (χ3n) is 4.59. The largest absolute Gasteiger partial charge is 0.462 e. The third kappa shape index (κ3) is 2.65. The van der Waals surface area contributed by atoms with E-state index in [0.29, 0.717) is 12.2 Å². The molecule has 3 heteroatoms. The number of esters is 1. The standard InChI is InChI=1S/C14H22O3/c1-9-2-4-10(5-3-9)14(15)16-11-6-7-12-13(8-11)17-12/h9-13H,2-8H2,1H3. The lowest BCUT2D eigenvalue weighted by atomic mass is 9.83. The van der Waals surface area contributed by atoms with Crippen molar-refractivity contribution in [3.63, 3.8) is 0 Å². The van der Waals surface area contributed by atoms with Gasteiger partial charge in [0.25, 0.3) is 0 Å². The van der Waals surface area contributed by atoms with Crippen molar-refractivity contribution in [1.29, 1.82) is 0 Å². The molecular formula is C14H22O3. The quantitative estimate of drug-likeness (QED) is 0.548. The van der Waals surface area contributed by atoms with Crippen LogP contribution in [0, 0.1) is 11.8 Å². The summed E-state index contributed by atoms with van der Waals surface area (Å²) >= 11 is 0. The number of hydrogen-bond donors (Lipinski definition) is 0. The summed E-state index contributed by atoms with van der Waals surface area (Å²) in [6.45, 7) is 2.27. The van der Waals surface area contributed by atoms with Crippen LogP contribution in [0.5, 0.6) is 0 Å². The van der Waals surface area contributed by atoms with Gasteiger partial charge in [-0.05, 0) is 44.4 Å². The fourth-order valence-corrected chi connectivity index (χ4v) is 3.23. The molecule has 2 aliphatic carbocycles. The van der Waals surface area contributed by atoms with E-state index in [-0.39, 0.29) is 18.0 Å². The van der Waals surface area contributed by atoms with Crippen molar-refractivity contribution in [2.75, 3.05) is 0 Å². The van der Waals surface area contributed by atoms with Gasteiger partial charge in [0, 0.05) is 6.42 Å². The highest BCUT2D eigenvalue weighted by Crippen LogP contribution is 2.38. The fraction of sp³-hybridized carbons (Fsp3) is 0.929. The Morgan fingerprint density at radius 2 is 1.82 bits per heavy atom. The second kappa shape index (κ2) is 4.60. The predicted octanol–water partition coefficient (Wildman–Crippen LogP) is 2.68. The lowest BCUT2D eigenvalue weighted by Crippen LogP contribution is -2.30. The molecule has 0 bridgehead atoms. The minimum Gasteiger partial charge on any atom is -0.462 e. The number of ether oxygens (including phenoxy) is 2. The van der Waals surface area contributed by atoms with Gasteiger partial charge in [-0.15, -0.1) is 0 Å². The molecule has 3 atom stereocenters. The van der Waals surface area contributed by atoms with Crippen LogP contribution in [0.1, 0.15) is 51.9 Å². The molecule has 3 fully saturated rings. The number of carbonyl (C=O) groups is 1. The monoisotopic (exact) mass is 238 g/mol. The molecule has 1 heterocycles. The van der Waals surface area contributed by atoms with Gasteiger partial charge >= 0.3 is 5.97 Å². The van der Waals surface area contributed by atoms with Gasteiger partial charge < -0.3 is 9.47 Å². The van der Waals surface area contributed by atoms with E-state index in [0.717, 1.165) is 38.0 Å². The first-order chi connectivity index (χ1) is 8.22. The second-order valence-corrected chi connectivity index (χ2v) is 6.04. The average molecular weight is 238 g/mol. The van der Waals surface area contributed by atoms with Crippen LogP contribution in [0.15, 0.2) is 0 Å². The van der Waals surface area contributed by atoms with Crippen molar-refractivity contribution in [3.05, 3.63) is 0 Å². The molecule has 0 amide bonds. The van der Waals surface area contributed by atoms with Crippen LogP contribution < -0.4 is 0 Å². The molecular weight excluding hydrogens is 216 g/mol. The fourth-order valence-electron chi connectivity index (χ4n) is 3.23. The molecule has 0 radical (unpaired) electrons. The molecule has 96 valence electrons. The molecule has 0 N–H and O–H groups in total. The topological polar surface area (TPSA) is 38.8 Å². The van der Waals surface area contributed by atoms with Crippen LogP contribution in [-0.4, -0.2) is 24.3 Å². The van der Waals surface area contributed by atoms with E-state index in [9.17, 15) is 4.79 Å². The van der Waals surface area contributed by atoms with Crippen LogP contribution >= 0.6 is 0 Å². The molecule has 1 aliphatic heterocycles. The lowest BCUT2D eigenvalue weighted by Gasteiger charge is -2.27. The average Bonchev–Trinajstić information content (AvgIpc) is 3.08. The van der Waals surface area contributed by atoms with Crippen LogP contribution in [0.3, 0.4) is 0 Å². The second-order valence-electron chi connectivity index (χ2n) is 6.04. The van der Waals surface area contributed by atoms with E-state index in [1.165, 1.54) is 12.8 Å². The molecule has 0 aromatic heterocycles. The van der Waals surface area contributed by atoms with Crippen molar-refractivity contribution in [2.45, 2.75) is 70.2 Å². The normalized spacial score (nSPS) is 44.9. The molecule has 3 aliphatic rings. The van der Waals surface area contributed by atoms with E-state index >= 15 is 0 Å². The Hall–Kier alpha value is -0.570. The Kier molecular flexibility index (Phi) is 3.12. The van der Waals surface area contributed by atoms with Gasteiger partial charge in [-0.25, -0.2) is 0 Å². The van der Waals surface area contributed by atoms with Crippen LogP contribution in [0.2, 0.25) is 0 Å². The van der Waals surface area contributed by atoms with Crippen molar-refractivity contribution < 1.29 is 14.3 Å². The SMILES string of the molecule is CC1CCC(C(=O)OC2CCC3OC3C2)CC1. The summed E-state index contributed by atoms with van der Waals surface area (Å²) in [6.07, 6.45) is 8.42. The highest BCUT2D eigenvalue weighted by atomic mass is 16.6. The van der Waals surface area contributed by atoms with Crippen molar-refractivity contribution in [1.82, 2.24) is 0 Å². The van der Waals surface area contributed by atoms with Gasteiger partial charge in [0.1, 0.15) is 6.10 Å². The van der Waals surface area contributed by atoms with Crippen molar-refractivity contribution in [2.24, 2.45) is 11.8 Å². The maximum Gasteiger partial charge on any atom is 0.309 e. The Morgan fingerprint density at radius 3 is 2.53 bits per heavy atom. The number of rotatable bonds is 2. The van der Waals surface area contributed by atoms with E-state index in [2.05, 4.69) is 6.92 Å². The summed E-state index contributed by atoms with van der Waals surface area (Å²) in [6, 6.07) is 0. The molecule has 0 spiro atoms. The third-order valence-corrected chi connectivity index (χ3v) is 4.59. The number of hydrogen-bond acceptors (Lipinski definition) is 3. The maximum absolute atomic E-state index is 12.0. The highest BCUT2D eigenvalue weighted by Gasteiger charge is 2.45. The minimum atomic E-state index is 0.0565. The molecule has 3 nitrogen and oxygen atoms in total. The van der Waals surface area contributed by atoms with E-state index in [1.54, 1.807) is 0 Å². The smallest absolute Gasteiger partial charge is 0.309 e. The number of carbonyl (C=O) groups excluding carboxylic acids is 1. The highest BCUT2D eigenvalue weighted by molar-refractivity contribution is 5.72. The summed E-state index contributed by atoms with van der Waals surface area (Å²) < 4.78 is 11.1. The lowest BCUT2D eigenvalue weighted by molar-refractivity contribution is -0.156. The summed E-state index contributed by atoms with van der Waals surface area (Å²) in [7, 11) is 0. The van der Waals surface area contributed by atoms with Crippen molar-refractivity contribution in [3.8, 4) is 0 Å². The van der Waals surface area contributed by atoms with Gasteiger partial charge in [0.2, 0.25) is 0 Å². The Bertz CT molecular complexity index is 294. The molecule has 17 heavy (non-hydrogen) atoms. The van der Waals surface area contributed by atoms with Crippen LogP contribution in [-0.2, 0) is 14.3 Å². The molecule has 3 unspecified atom stereocenters. The first-order valence-electron chi connectivity index (χ1n) is 7.08. The van der Waals surface area contributed by atoms with Crippen molar-refractivity contribution >= 4 is 5.97 Å². The van der Waals surface area contributed by atoms with Gasteiger partial charge in [0.15, 0.2) is 0 Å². The van der Waals surface area contributed by atoms with E-state index in [4.69, 9.17) is 9.47 Å². The summed E-state index contributed by atoms with van der Waals surface area (Å²) in [5.41, 5.74) is 0. The molecule has 1 saturated heterocycles. The number of epoxide rings is 1. The van der Waals surface area contributed by atoms with E-state index < -0.39 is 0 Å². The zero-order valence-electron chi connectivity index (χ0n) is 10.6. The number of fused-ring (bicyclic) bond motifs is 1. The minimum absolute atomic E-state index is 0.0565. The first kappa shape index (κ1) is 11.5. The summed E-state index contributed by atoms with van der Waals surface area (Å²) in [5.74, 6) is 1.01. The van der Waals surface area contributed by atoms with Gasteiger partial charge in [-0.3, -0.25) is 4.79 Å². The Morgan fingerprint density at radius 1 is 1.06 bits per heavy atom. The molecule has 3 rings (SSSR count). The molecule has 0 aromatic rings. The van der Waals surface area contributed by atoms with Crippen LogP contribution in [0.4, 0.5) is 0 Å². The van der Waals surface area contributed by atoms with Crippen LogP contribution in [0.25, 0.3) is 0 Å². The van der Waals surface area contributed by atoms with Gasteiger partial charge in [0.05, 0.1) is 18.1 Å². The van der Waals surface area contributed by atoms with Gasteiger partial charge in [-0.1, -0.05) is 6.92 Å². The molecule has 0 aromatic carbocycles. The first-order valence-corrected chi connectivity index (χ1v) is 7.08. The summed E-state index contributed by atoms with van der Waals surface area (Å²) in [4.78, 5) is 12.0. The van der Waals surface area contributed by atoms with Gasteiger partial charge in [-0.2, -0.15) is 0 Å². The Labute approximate surface area is 103 Å². The molecule has 2 saturated carbocycles. The van der Waals surface area contributed by atoms with E-state index in [1.807, 2.05) is 0 Å². The maximum atomic E-state index is 12.0. The summed E-state index contributed by atoms with van der Waals surface area (Å²) in [5, 5.41) is 0. The predicted molar refractivity (Wildman–Crippen MR) is 63.5 cm³/mol. The zero-order chi connectivity index (χ0) is 11.8.